The molecule has 3 aromatic rings. The number of nitrogens with zero attached hydrogens (tertiary/aromatic N) is 3. The summed E-state index contributed by atoms with van der Waals surface area (Å²) in [6, 6.07) is 20.4. The third-order valence-electron chi connectivity index (χ3n) is 4.72. The highest BCUT2D eigenvalue weighted by Crippen LogP contribution is 2.34. The van der Waals surface area contributed by atoms with Gasteiger partial charge < -0.3 is 14.4 Å². The SMILES string of the molecule is CCOCCN1C(=O)/C(=C/c2cccn2-c2ccc(O)cc2)SC1=Nc1ccccc1. The van der Waals surface area contributed by atoms with Crippen LogP contribution in [0.15, 0.2) is 82.8 Å². The van der Waals surface area contributed by atoms with Crippen LogP contribution < -0.4 is 0 Å². The molecule has 2 heterocycles. The summed E-state index contributed by atoms with van der Waals surface area (Å²) in [6.45, 7) is 3.43. The number of rotatable bonds is 7. The van der Waals surface area contributed by atoms with Crippen LogP contribution in [-0.2, 0) is 9.53 Å². The van der Waals surface area contributed by atoms with Crippen molar-refractivity contribution in [3.05, 3.63) is 83.5 Å². The Morgan fingerprint density at radius 2 is 1.84 bits per heavy atom. The largest absolute Gasteiger partial charge is 0.508 e. The predicted molar refractivity (Wildman–Crippen MR) is 125 cm³/mol. The van der Waals surface area contributed by atoms with Crippen LogP contribution in [0.2, 0.25) is 0 Å². The molecule has 31 heavy (non-hydrogen) atoms. The Morgan fingerprint density at radius 1 is 1.06 bits per heavy atom. The van der Waals surface area contributed by atoms with E-state index < -0.39 is 0 Å². The zero-order chi connectivity index (χ0) is 21.6. The van der Waals surface area contributed by atoms with E-state index >= 15 is 0 Å². The first-order chi connectivity index (χ1) is 15.2. The molecule has 6 nitrogen and oxygen atoms in total. The highest BCUT2D eigenvalue weighted by Gasteiger charge is 2.33. The van der Waals surface area contributed by atoms with Gasteiger partial charge in [0.25, 0.3) is 5.91 Å². The maximum absolute atomic E-state index is 13.2. The molecule has 158 valence electrons. The minimum Gasteiger partial charge on any atom is -0.508 e. The molecule has 1 saturated heterocycles. The third kappa shape index (κ3) is 4.90. The molecule has 7 heteroatoms. The lowest BCUT2D eigenvalue weighted by atomic mass is 10.3. The Bertz CT molecular complexity index is 1100. The Labute approximate surface area is 185 Å². The van der Waals surface area contributed by atoms with E-state index in [-0.39, 0.29) is 11.7 Å². The van der Waals surface area contributed by atoms with Crippen molar-refractivity contribution in [1.29, 1.82) is 0 Å². The topological polar surface area (TPSA) is 67.1 Å². The fraction of sp³-hybridized carbons (Fsp3) is 0.167. The number of amides is 1. The van der Waals surface area contributed by atoms with Gasteiger partial charge >= 0.3 is 0 Å². The number of hydrogen-bond acceptors (Lipinski definition) is 5. The number of phenolic OH excluding ortho intramolecular Hbond substituents is 1. The molecule has 0 unspecified atom stereocenters. The lowest BCUT2D eigenvalue weighted by Crippen LogP contribution is -2.32. The fourth-order valence-corrected chi connectivity index (χ4v) is 4.21. The first-order valence-corrected chi connectivity index (χ1v) is 10.9. The van der Waals surface area contributed by atoms with E-state index in [2.05, 4.69) is 0 Å². The Kier molecular flexibility index (Phi) is 6.54. The third-order valence-corrected chi connectivity index (χ3v) is 5.73. The van der Waals surface area contributed by atoms with E-state index in [4.69, 9.17) is 9.73 Å². The summed E-state index contributed by atoms with van der Waals surface area (Å²) in [6.07, 6.45) is 3.80. The van der Waals surface area contributed by atoms with Crippen LogP contribution in [0.1, 0.15) is 12.6 Å². The van der Waals surface area contributed by atoms with Gasteiger partial charge in [-0.2, -0.15) is 0 Å². The van der Waals surface area contributed by atoms with Crippen LogP contribution in [0, 0.1) is 0 Å². The summed E-state index contributed by atoms with van der Waals surface area (Å²) in [5, 5.41) is 10.2. The number of hydrogen-bond donors (Lipinski definition) is 1. The van der Waals surface area contributed by atoms with E-state index in [0.29, 0.717) is 29.8 Å². The number of aromatic hydroxyl groups is 1. The van der Waals surface area contributed by atoms with Gasteiger partial charge in [0.05, 0.1) is 23.7 Å². The van der Waals surface area contributed by atoms with Gasteiger partial charge in [0.1, 0.15) is 5.75 Å². The molecule has 0 radical (unpaired) electrons. The van der Waals surface area contributed by atoms with Crippen molar-refractivity contribution in [3.63, 3.8) is 0 Å². The monoisotopic (exact) mass is 433 g/mol. The van der Waals surface area contributed by atoms with Crippen LogP contribution in [0.5, 0.6) is 5.75 Å². The molecule has 1 amide bonds. The summed E-state index contributed by atoms with van der Waals surface area (Å²) < 4.78 is 7.44. The second kappa shape index (κ2) is 9.68. The van der Waals surface area contributed by atoms with Gasteiger partial charge in [0.2, 0.25) is 0 Å². The molecular weight excluding hydrogens is 410 g/mol. The van der Waals surface area contributed by atoms with Gasteiger partial charge in [0, 0.05) is 24.2 Å². The molecule has 1 N–H and O–H groups in total. The molecule has 1 aromatic heterocycles. The standard InChI is InChI=1S/C24H23N3O3S/c1-2-30-16-15-27-23(29)22(31-24(27)25-18-7-4-3-5-8-18)17-20-9-6-14-26(20)19-10-12-21(28)13-11-19/h3-14,17,28H,2,15-16H2,1H3/b22-17-,25-24?. The van der Waals surface area contributed by atoms with Crippen molar-refractivity contribution in [2.24, 2.45) is 4.99 Å². The summed E-state index contributed by atoms with van der Waals surface area (Å²) >= 11 is 1.36. The number of phenols is 1. The summed E-state index contributed by atoms with van der Waals surface area (Å²) in [5.41, 5.74) is 2.57. The molecule has 0 spiro atoms. The molecule has 0 bridgehead atoms. The van der Waals surface area contributed by atoms with E-state index in [1.807, 2.05) is 78.4 Å². The number of carbonyl (C=O) groups is 1. The minimum atomic E-state index is -0.0853. The number of aromatic nitrogens is 1. The number of amidine groups is 1. The van der Waals surface area contributed by atoms with Crippen molar-refractivity contribution in [2.75, 3.05) is 19.8 Å². The zero-order valence-corrected chi connectivity index (χ0v) is 18.0. The Balaban J connectivity index is 1.65. The van der Waals surface area contributed by atoms with Gasteiger partial charge in [0.15, 0.2) is 5.17 Å². The number of para-hydroxylation sites is 1. The number of thioether (sulfide) groups is 1. The van der Waals surface area contributed by atoms with E-state index in [9.17, 15) is 9.90 Å². The van der Waals surface area contributed by atoms with E-state index in [1.54, 1.807) is 17.0 Å². The number of carbonyl (C=O) groups excluding carboxylic acids is 1. The van der Waals surface area contributed by atoms with E-state index in [0.717, 1.165) is 17.1 Å². The van der Waals surface area contributed by atoms with Gasteiger partial charge in [-0.15, -0.1) is 0 Å². The molecule has 2 aromatic carbocycles. The average Bonchev–Trinajstić information content (AvgIpc) is 3.35. The normalized spacial score (nSPS) is 16.5. The molecule has 1 fully saturated rings. The molecule has 1 aliphatic rings. The molecule has 0 atom stereocenters. The van der Waals surface area contributed by atoms with Crippen molar-refractivity contribution in [1.82, 2.24) is 9.47 Å². The molecule has 4 rings (SSSR count). The summed E-state index contributed by atoms with van der Waals surface area (Å²) in [4.78, 5) is 20.1. The van der Waals surface area contributed by atoms with Gasteiger partial charge in [-0.1, -0.05) is 18.2 Å². The fourth-order valence-electron chi connectivity index (χ4n) is 3.20. The zero-order valence-electron chi connectivity index (χ0n) is 17.1. The average molecular weight is 434 g/mol. The van der Waals surface area contributed by atoms with E-state index in [1.165, 1.54) is 11.8 Å². The highest BCUT2D eigenvalue weighted by molar-refractivity contribution is 8.18. The lowest BCUT2D eigenvalue weighted by molar-refractivity contribution is -0.122. The van der Waals surface area contributed by atoms with Crippen molar-refractivity contribution in [3.8, 4) is 11.4 Å². The Morgan fingerprint density at radius 3 is 2.58 bits per heavy atom. The summed E-state index contributed by atoms with van der Waals surface area (Å²) in [7, 11) is 0. The summed E-state index contributed by atoms with van der Waals surface area (Å²) in [5.74, 6) is 0.127. The number of aliphatic imine (C=N–C) groups is 1. The van der Waals surface area contributed by atoms with Crippen molar-refractivity contribution >= 4 is 34.6 Å². The van der Waals surface area contributed by atoms with Gasteiger partial charge in [-0.25, -0.2) is 4.99 Å². The molecule has 0 saturated carbocycles. The van der Waals surface area contributed by atoms with Crippen molar-refractivity contribution in [2.45, 2.75) is 6.92 Å². The second-order valence-electron chi connectivity index (χ2n) is 6.81. The van der Waals surface area contributed by atoms with Crippen molar-refractivity contribution < 1.29 is 14.6 Å². The smallest absolute Gasteiger partial charge is 0.266 e. The number of benzene rings is 2. The van der Waals surface area contributed by atoms with Crippen LogP contribution in [-0.4, -0.2) is 45.4 Å². The van der Waals surface area contributed by atoms with Crippen LogP contribution in [0.25, 0.3) is 11.8 Å². The lowest BCUT2D eigenvalue weighted by Gasteiger charge is -2.15. The van der Waals surface area contributed by atoms with Crippen LogP contribution in [0.3, 0.4) is 0 Å². The van der Waals surface area contributed by atoms with Crippen LogP contribution in [0.4, 0.5) is 5.69 Å². The molecule has 1 aliphatic heterocycles. The van der Waals surface area contributed by atoms with Gasteiger partial charge in [-0.05, 0) is 73.3 Å². The van der Waals surface area contributed by atoms with Gasteiger partial charge in [-0.3, -0.25) is 9.69 Å². The molecule has 0 aliphatic carbocycles. The highest BCUT2D eigenvalue weighted by atomic mass is 32.2. The Hall–Kier alpha value is -3.29. The number of ether oxygens (including phenoxy) is 1. The molecular formula is C24H23N3O3S. The quantitative estimate of drug-likeness (QED) is 0.428. The maximum atomic E-state index is 13.2. The first kappa shape index (κ1) is 21.0. The first-order valence-electron chi connectivity index (χ1n) is 10.1. The maximum Gasteiger partial charge on any atom is 0.266 e. The predicted octanol–water partition coefficient (Wildman–Crippen LogP) is 4.82. The van der Waals surface area contributed by atoms with Crippen LogP contribution >= 0.6 is 11.8 Å². The minimum absolute atomic E-state index is 0.0853. The second-order valence-corrected chi connectivity index (χ2v) is 7.82.